The molecule has 2 heteroatoms. The lowest BCUT2D eigenvalue weighted by atomic mass is 9.69. The summed E-state index contributed by atoms with van der Waals surface area (Å²) in [5.74, 6) is 0. The van der Waals surface area contributed by atoms with Crippen molar-refractivity contribution in [1.29, 1.82) is 0 Å². The molecule has 0 aromatic heterocycles. The van der Waals surface area contributed by atoms with Gasteiger partial charge in [-0.2, -0.15) is 0 Å². The molecule has 2 nitrogen and oxygen atoms in total. The maximum Gasteiger partial charge on any atom is 0.0343 e. The lowest BCUT2D eigenvalue weighted by Gasteiger charge is -2.41. The number of anilines is 1. The topological polar surface area (TPSA) is 38.0 Å². The minimum absolute atomic E-state index is 0.379. The maximum absolute atomic E-state index is 5.82. The molecular weight excluding hydrogens is 184 g/mol. The number of hydrogen-bond acceptors (Lipinski definition) is 2. The Morgan fingerprint density at radius 3 is 2.73 bits per heavy atom. The fourth-order valence-electron chi connectivity index (χ4n) is 2.17. The van der Waals surface area contributed by atoms with E-state index in [1.165, 1.54) is 30.5 Å². The molecule has 1 saturated carbocycles. The molecule has 0 amide bonds. The van der Waals surface area contributed by atoms with Crippen molar-refractivity contribution >= 4 is 5.69 Å². The Labute approximate surface area is 91.9 Å². The van der Waals surface area contributed by atoms with Crippen LogP contribution >= 0.6 is 0 Å². The Hall–Kier alpha value is -1.02. The molecule has 1 fully saturated rings. The summed E-state index contributed by atoms with van der Waals surface area (Å²) >= 11 is 0. The van der Waals surface area contributed by atoms with Gasteiger partial charge in [-0.05, 0) is 49.4 Å². The highest BCUT2D eigenvalue weighted by atomic mass is 14.9. The predicted octanol–water partition coefficient (Wildman–Crippen LogP) is 2.54. The van der Waals surface area contributed by atoms with Crippen LogP contribution in [0.5, 0.6) is 0 Å². The van der Waals surface area contributed by atoms with Crippen LogP contribution < -0.4 is 11.1 Å². The number of aryl methyl sites for hydroxylation is 1. The summed E-state index contributed by atoms with van der Waals surface area (Å²) in [7, 11) is 0. The molecule has 0 bridgehead atoms. The molecule has 1 aromatic rings. The summed E-state index contributed by atoms with van der Waals surface area (Å²) in [6, 6.07) is 8.51. The predicted molar refractivity (Wildman–Crippen MR) is 65.0 cm³/mol. The normalized spacial score (nSPS) is 18.3. The van der Waals surface area contributed by atoms with Gasteiger partial charge in [-0.1, -0.05) is 18.6 Å². The zero-order valence-electron chi connectivity index (χ0n) is 9.42. The summed E-state index contributed by atoms with van der Waals surface area (Å²) in [5.41, 5.74) is 8.72. The van der Waals surface area contributed by atoms with Crippen LogP contribution in [0.4, 0.5) is 5.69 Å². The first-order valence-electron chi connectivity index (χ1n) is 5.75. The lowest BCUT2D eigenvalue weighted by Crippen LogP contribution is -2.42. The van der Waals surface area contributed by atoms with Crippen LogP contribution in [0.15, 0.2) is 24.3 Å². The average molecular weight is 204 g/mol. The van der Waals surface area contributed by atoms with Gasteiger partial charge in [-0.25, -0.2) is 0 Å². The van der Waals surface area contributed by atoms with E-state index in [9.17, 15) is 0 Å². The number of nitrogens with two attached hydrogens (primary N) is 1. The monoisotopic (exact) mass is 204 g/mol. The van der Waals surface area contributed by atoms with E-state index in [0.717, 1.165) is 13.1 Å². The Morgan fingerprint density at radius 1 is 1.40 bits per heavy atom. The quantitative estimate of drug-likeness (QED) is 0.791. The van der Waals surface area contributed by atoms with Gasteiger partial charge in [0.2, 0.25) is 0 Å². The summed E-state index contributed by atoms with van der Waals surface area (Å²) in [6.45, 7) is 3.95. The third-order valence-electron chi connectivity index (χ3n) is 3.53. The molecule has 1 aliphatic rings. The molecule has 0 saturated heterocycles. The van der Waals surface area contributed by atoms with Crippen LogP contribution in [0.1, 0.15) is 24.8 Å². The number of hydrogen-bond donors (Lipinski definition) is 2. The molecule has 82 valence electrons. The van der Waals surface area contributed by atoms with Crippen molar-refractivity contribution in [3.8, 4) is 0 Å². The van der Waals surface area contributed by atoms with E-state index in [2.05, 4.69) is 36.5 Å². The Balaban J connectivity index is 1.92. The van der Waals surface area contributed by atoms with Crippen LogP contribution in [-0.4, -0.2) is 13.1 Å². The average Bonchev–Trinajstić information content (AvgIpc) is 2.17. The minimum atomic E-state index is 0.379. The number of rotatable bonds is 4. The van der Waals surface area contributed by atoms with Crippen molar-refractivity contribution in [2.45, 2.75) is 26.2 Å². The van der Waals surface area contributed by atoms with Crippen molar-refractivity contribution < 1.29 is 0 Å². The second-order valence-electron chi connectivity index (χ2n) is 4.78. The lowest BCUT2D eigenvalue weighted by molar-refractivity contribution is 0.163. The van der Waals surface area contributed by atoms with Crippen LogP contribution in [0.25, 0.3) is 0 Å². The van der Waals surface area contributed by atoms with Crippen molar-refractivity contribution in [2.24, 2.45) is 11.1 Å². The zero-order chi connectivity index (χ0) is 10.7. The van der Waals surface area contributed by atoms with Gasteiger partial charge in [-0.15, -0.1) is 0 Å². The number of nitrogens with one attached hydrogen (secondary N) is 1. The van der Waals surface area contributed by atoms with Gasteiger partial charge in [0.15, 0.2) is 0 Å². The van der Waals surface area contributed by atoms with Crippen LogP contribution in [0.2, 0.25) is 0 Å². The van der Waals surface area contributed by atoms with Gasteiger partial charge in [0.1, 0.15) is 0 Å². The van der Waals surface area contributed by atoms with Gasteiger partial charge < -0.3 is 11.1 Å². The van der Waals surface area contributed by atoms with Crippen molar-refractivity contribution in [3.63, 3.8) is 0 Å². The van der Waals surface area contributed by atoms with Crippen molar-refractivity contribution in [2.75, 3.05) is 18.4 Å². The molecule has 0 atom stereocenters. The van der Waals surface area contributed by atoms with Crippen molar-refractivity contribution in [3.05, 3.63) is 29.8 Å². The number of benzene rings is 1. The molecule has 3 N–H and O–H groups in total. The summed E-state index contributed by atoms with van der Waals surface area (Å²) in [4.78, 5) is 0. The summed E-state index contributed by atoms with van der Waals surface area (Å²) in [6.07, 6.45) is 3.90. The van der Waals surface area contributed by atoms with E-state index in [0.29, 0.717) is 5.41 Å². The second kappa shape index (κ2) is 4.23. The molecule has 1 aliphatic carbocycles. The van der Waals surface area contributed by atoms with Crippen LogP contribution in [0.3, 0.4) is 0 Å². The first-order chi connectivity index (χ1) is 7.24. The van der Waals surface area contributed by atoms with E-state index in [1.807, 2.05) is 0 Å². The van der Waals surface area contributed by atoms with E-state index in [4.69, 9.17) is 5.73 Å². The highest BCUT2D eigenvalue weighted by Crippen LogP contribution is 2.39. The molecule has 15 heavy (non-hydrogen) atoms. The highest BCUT2D eigenvalue weighted by molar-refractivity contribution is 5.45. The minimum Gasteiger partial charge on any atom is -0.384 e. The smallest absolute Gasteiger partial charge is 0.0343 e. The van der Waals surface area contributed by atoms with E-state index in [-0.39, 0.29) is 0 Å². The zero-order valence-corrected chi connectivity index (χ0v) is 9.42. The SMILES string of the molecule is Cc1cccc(NCC2(CN)CCC2)c1. The molecule has 0 radical (unpaired) electrons. The van der Waals surface area contributed by atoms with Crippen LogP contribution in [-0.2, 0) is 0 Å². The Morgan fingerprint density at radius 2 is 2.20 bits per heavy atom. The molecular formula is C13H20N2. The van der Waals surface area contributed by atoms with Gasteiger partial charge in [0.25, 0.3) is 0 Å². The van der Waals surface area contributed by atoms with E-state index in [1.54, 1.807) is 0 Å². The summed E-state index contributed by atoms with van der Waals surface area (Å²) < 4.78 is 0. The molecule has 0 spiro atoms. The van der Waals surface area contributed by atoms with Gasteiger partial charge in [0.05, 0.1) is 0 Å². The molecule has 1 aromatic carbocycles. The highest BCUT2D eigenvalue weighted by Gasteiger charge is 2.35. The molecule has 2 rings (SSSR count). The first kappa shape index (κ1) is 10.5. The standard InChI is InChI=1S/C13H20N2/c1-11-4-2-5-12(8-11)15-10-13(9-14)6-3-7-13/h2,4-5,8,15H,3,6-7,9-10,14H2,1H3. The van der Waals surface area contributed by atoms with Crippen molar-refractivity contribution in [1.82, 2.24) is 0 Å². The third-order valence-corrected chi connectivity index (χ3v) is 3.53. The van der Waals surface area contributed by atoms with E-state index < -0.39 is 0 Å². The Bertz CT molecular complexity index is 324. The second-order valence-corrected chi connectivity index (χ2v) is 4.78. The molecule has 0 heterocycles. The van der Waals surface area contributed by atoms with Gasteiger partial charge >= 0.3 is 0 Å². The van der Waals surface area contributed by atoms with E-state index >= 15 is 0 Å². The molecule has 0 unspecified atom stereocenters. The maximum atomic E-state index is 5.82. The third kappa shape index (κ3) is 2.32. The van der Waals surface area contributed by atoms with Gasteiger partial charge in [0, 0.05) is 12.2 Å². The largest absolute Gasteiger partial charge is 0.384 e. The Kier molecular flexibility index (Phi) is 2.96. The first-order valence-corrected chi connectivity index (χ1v) is 5.75. The van der Waals surface area contributed by atoms with Gasteiger partial charge in [-0.3, -0.25) is 0 Å². The fraction of sp³-hybridized carbons (Fsp3) is 0.538. The van der Waals surface area contributed by atoms with Crippen LogP contribution in [0, 0.1) is 12.3 Å². The fourth-order valence-corrected chi connectivity index (χ4v) is 2.17. The summed E-state index contributed by atoms with van der Waals surface area (Å²) in [5, 5.41) is 3.50. The molecule has 0 aliphatic heterocycles.